The molecule has 10 heteroatoms. The van der Waals surface area contributed by atoms with Crippen LogP contribution in [-0.2, 0) is 19.6 Å². The van der Waals surface area contributed by atoms with Crippen LogP contribution in [0.15, 0.2) is 41.6 Å². The molecule has 25 heavy (non-hydrogen) atoms. The van der Waals surface area contributed by atoms with Gasteiger partial charge in [-0.1, -0.05) is 18.5 Å². The molecular weight excluding hydrogens is 368 g/mol. The Hall–Kier alpha value is -2.23. The lowest BCUT2D eigenvalue weighted by atomic mass is 10.3. The number of nitrogens with zero attached hydrogens (tertiary/aromatic N) is 2. The minimum absolute atomic E-state index is 0.00514. The number of hydrogen-bond donors (Lipinski definition) is 2. The van der Waals surface area contributed by atoms with Gasteiger partial charge in [0, 0.05) is 24.7 Å². The van der Waals surface area contributed by atoms with Crippen LogP contribution in [0, 0.1) is 0 Å². The number of aromatic nitrogens is 2. The van der Waals surface area contributed by atoms with E-state index in [1.165, 1.54) is 36.7 Å². The SMILES string of the molecule is CCCOCC(=O)Nc1ccc(S(=O)(=O)Nc2nccnc2Cl)cc1. The first-order valence-electron chi connectivity index (χ1n) is 7.39. The summed E-state index contributed by atoms with van der Waals surface area (Å²) in [6.45, 7) is 2.39. The van der Waals surface area contributed by atoms with E-state index in [1.54, 1.807) is 0 Å². The monoisotopic (exact) mass is 384 g/mol. The number of amides is 1. The largest absolute Gasteiger partial charge is 0.372 e. The van der Waals surface area contributed by atoms with Crippen LogP contribution < -0.4 is 10.0 Å². The molecule has 0 bridgehead atoms. The molecule has 0 aliphatic carbocycles. The summed E-state index contributed by atoms with van der Waals surface area (Å²) < 4.78 is 32.0. The van der Waals surface area contributed by atoms with E-state index in [0.717, 1.165) is 6.42 Å². The highest BCUT2D eigenvalue weighted by Gasteiger charge is 2.17. The standard InChI is InChI=1S/C15H17ClN4O4S/c1-2-9-24-10-13(21)19-11-3-5-12(6-4-11)25(22,23)20-15-14(16)17-7-8-18-15/h3-8H,2,9-10H2,1H3,(H,18,20)(H,19,21). The van der Waals surface area contributed by atoms with Gasteiger partial charge in [0.2, 0.25) is 5.91 Å². The van der Waals surface area contributed by atoms with Crippen LogP contribution in [0.4, 0.5) is 11.5 Å². The second-order valence-electron chi connectivity index (χ2n) is 4.93. The van der Waals surface area contributed by atoms with Crippen molar-refractivity contribution in [2.24, 2.45) is 0 Å². The smallest absolute Gasteiger partial charge is 0.263 e. The van der Waals surface area contributed by atoms with Gasteiger partial charge >= 0.3 is 0 Å². The quantitative estimate of drug-likeness (QED) is 0.675. The first-order chi connectivity index (χ1) is 11.9. The predicted molar refractivity (Wildman–Crippen MR) is 94.0 cm³/mol. The molecule has 0 aliphatic rings. The Labute approximate surface area is 150 Å². The molecule has 0 aliphatic heterocycles. The topological polar surface area (TPSA) is 110 Å². The number of benzene rings is 1. The Balaban J connectivity index is 2.03. The maximum atomic E-state index is 12.3. The molecule has 1 heterocycles. The number of carbonyl (C=O) groups is 1. The van der Waals surface area contributed by atoms with Gasteiger partial charge in [0.25, 0.3) is 10.0 Å². The Morgan fingerprint density at radius 2 is 1.88 bits per heavy atom. The van der Waals surface area contributed by atoms with Gasteiger partial charge in [0.05, 0.1) is 4.90 Å². The first-order valence-corrected chi connectivity index (χ1v) is 9.25. The van der Waals surface area contributed by atoms with Crippen LogP contribution in [0.5, 0.6) is 0 Å². The fraction of sp³-hybridized carbons (Fsp3) is 0.267. The summed E-state index contributed by atoms with van der Waals surface area (Å²) in [5.41, 5.74) is 0.460. The molecule has 2 rings (SSSR count). The lowest BCUT2D eigenvalue weighted by molar-refractivity contribution is -0.120. The molecule has 2 N–H and O–H groups in total. The van der Waals surface area contributed by atoms with Crippen LogP contribution in [-0.4, -0.2) is 37.5 Å². The Kier molecular flexibility index (Phi) is 6.68. The summed E-state index contributed by atoms with van der Waals surface area (Å²) in [4.78, 5) is 19.2. The van der Waals surface area contributed by atoms with Gasteiger partial charge in [-0.05, 0) is 30.7 Å². The van der Waals surface area contributed by atoms with Crippen molar-refractivity contribution in [1.29, 1.82) is 0 Å². The highest BCUT2D eigenvalue weighted by molar-refractivity contribution is 7.92. The van der Waals surface area contributed by atoms with E-state index in [9.17, 15) is 13.2 Å². The molecule has 2 aromatic rings. The van der Waals surface area contributed by atoms with E-state index in [1.807, 2.05) is 6.92 Å². The summed E-state index contributed by atoms with van der Waals surface area (Å²) in [5.74, 6) is -0.372. The summed E-state index contributed by atoms with van der Waals surface area (Å²) in [6.07, 6.45) is 3.49. The molecule has 0 saturated heterocycles. The third kappa shape index (κ3) is 5.66. The Morgan fingerprint density at radius 3 is 2.52 bits per heavy atom. The van der Waals surface area contributed by atoms with Crippen molar-refractivity contribution in [1.82, 2.24) is 9.97 Å². The molecule has 1 aromatic heterocycles. The maximum absolute atomic E-state index is 12.3. The van der Waals surface area contributed by atoms with E-state index >= 15 is 0 Å². The average molecular weight is 385 g/mol. The number of nitrogens with one attached hydrogen (secondary N) is 2. The van der Waals surface area contributed by atoms with Crippen molar-refractivity contribution in [3.05, 3.63) is 41.8 Å². The predicted octanol–water partition coefficient (Wildman–Crippen LogP) is 2.30. The number of ether oxygens (including phenoxy) is 1. The lowest BCUT2D eigenvalue weighted by Crippen LogP contribution is -2.19. The highest BCUT2D eigenvalue weighted by atomic mass is 35.5. The molecule has 0 radical (unpaired) electrons. The normalized spacial score (nSPS) is 11.1. The number of anilines is 2. The third-order valence-electron chi connectivity index (χ3n) is 2.91. The summed E-state index contributed by atoms with van der Waals surface area (Å²) >= 11 is 5.79. The molecule has 1 amide bonds. The second-order valence-corrected chi connectivity index (χ2v) is 6.97. The number of carbonyl (C=O) groups excluding carboxylic acids is 1. The van der Waals surface area contributed by atoms with Gasteiger partial charge in [-0.25, -0.2) is 18.4 Å². The van der Waals surface area contributed by atoms with Crippen LogP contribution >= 0.6 is 11.6 Å². The zero-order valence-corrected chi connectivity index (χ0v) is 15.0. The van der Waals surface area contributed by atoms with Crippen LogP contribution in [0.2, 0.25) is 5.15 Å². The Morgan fingerprint density at radius 1 is 1.20 bits per heavy atom. The molecule has 134 valence electrons. The number of rotatable bonds is 8. The average Bonchev–Trinajstić information content (AvgIpc) is 2.57. The van der Waals surface area contributed by atoms with Crippen LogP contribution in [0.25, 0.3) is 0 Å². The molecule has 0 fully saturated rings. The maximum Gasteiger partial charge on any atom is 0.263 e. The fourth-order valence-electron chi connectivity index (χ4n) is 1.80. The van der Waals surface area contributed by atoms with Crippen molar-refractivity contribution in [3.63, 3.8) is 0 Å². The van der Waals surface area contributed by atoms with Gasteiger partial charge in [-0.15, -0.1) is 0 Å². The number of hydrogen-bond acceptors (Lipinski definition) is 6. The van der Waals surface area contributed by atoms with Crippen LogP contribution in [0.1, 0.15) is 13.3 Å². The second kappa shape index (κ2) is 8.75. The lowest BCUT2D eigenvalue weighted by Gasteiger charge is -2.09. The zero-order chi connectivity index (χ0) is 18.3. The third-order valence-corrected chi connectivity index (χ3v) is 4.55. The van der Waals surface area contributed by atoms with Gasteiger partial charge < -0.3 is 10.1 Å². The fourth-order valence-corrected chi connectivity index (χ4v) is 3.02. The molecule has 0 saturated carbocycles. The van der Waals surface area contributed by atoms with Crippen molar-refractivity contribution in [2.75, 3.05) is 23.3 Å². The van der Waals surface area contributed by atoms with E-state index in [2.05, 4.69) is 20.0 Å². The number of halogens is 1. The van der Waals surface area contributed by atoms with E-state index in [0.29, 0.717) is 12.3 Å². The van der Waals surface area contributed by atoms with Crippen molar-refractivity contribution in [2.45, 2.75) is 18.2 Å². The van der Waals surface area contributed by atoms with Crippen molar-refractivity contribution >= 4 is 39.0 Å². The van der Waals surface area contributed by atoms with Crippen molar-refractivity contribution < 1.29 is 17.9 Å². The molecule has 0 unspecified atom stereocenters. The van der Waals surface area contributed by atoms with Crippen LogP contribution in [0.3, 0.4) is 0 Å². The van der Waals surface area contributed by atoms with E-state index in [4.69, 9.17) is 16.3 Å². The zero-order valence-electron chi connectivity index (χ0n) is 13.4. The first kappa shape index (κ1) is 19.1. The number of sulfonamides is 1. The van der Waals surface area contributed by atoms with Gasteiger partial charge in [-0.3, -0.25) is 9.52 Å². The minimum atomic E-state index is -3.87. The van der Waals surface area contributed by atoms with Gasteiger partial charge in [-0.2, -0.15) is 0 Å². The Bertz CT molecular complexity index is 828. The van der Waals surface area contributed by atoms with E-state index < -0.39 is 10.0 Å². The molecule has 1 aromatic carbocycles. The highest BCUT2D eigenvalue weighted by Crippen LogP contribution is 2.20. The van der Waals surface area contributed by atoms with Crippen molar-refractivity contribution in [3.8, 4) is 0 Å². The van der Waals surface area contributed by atoms with E-state index in [-0.39, 0.29) is 28.4 Å². The minimum Gasteiger partial charge on any atom is -0.372 e. The molecule has 8 nitrogen and oxygen atoms in total. The van der Waals surface area contributed by atoms with Gasteiger partial charge in [0.15, 0.2) is 11.0 Å². The molecular formula is C15H17ClN4O4S. The summed E-state index contributed by atoms with van der Waals surface area (Å²) in [7, 11) is -3.87. The van der Waals surface area contributed by atoms with Gasteiger partial charge in [0.1, 0.15) is 6.61 Å². The molecule has 0 spiro atoms. The molecule has 0 atom stereocenters. The summed E-state index contributed by atoms with van der Waals surface area (Å²) in [6, 6.07) is 5.67. The summed E-state index contributed by atoms with van der Waals surface area (Å²) in [5, 5.41) is 2.56.